The van der Waals surface area contributed by atoms with Crippen LogP contribution in [-0.4, -0.2) is 29.4 Å². The molecule has 0 aliphatic heterocycles. The largest absolute Gasteiger partial charge is 0.452 e. The topological polar surface area (TPSA) is 88.3 Å². The van der Waals surface area contributed by atoms with Gasteiger partial charge in [0.05, 0.1) is 12.0 Å². The molecule has 1 aromatic heterocycles. The number of esters is 1. The van der Waals surface area contributed by atoms with E-state index in [9.17, 15) is 14.4 Å². The first-order valence-electron chi connectivity index (χ1n) is 7.73. The molecule has 126 valence electrons. The predicted octanol–water partition coefficient (Wildman–Crippen LogP) is 2.21. The number of benzene rings is 2. The number of H-pyrrole nitrogens is 1. The summed E-state index contributed by atoms with van der Waals surface area (Å²) in [5, 5.41) is 2.92. The highest BCUT2D eigenvalue weighted by molar-refractivity contribution is 6.05. The quantitative estimate of drug-likeness (QED) is 0.699. The predicted molar refractivity (Wildman–Crippen MR) is 91.9 cm³/mol. The van der Waals surface area contributed by atoms with Crippen molar-refractivity contribution in [3.63, 3.8) is 0 Å². The molecule has 0 aliphatic carbocycles. The van der Waals surface area contributed by atoms with E-state index in [2.05, 4.69) is 10.3 Å². The maximum Gasteiger partial charge on any atom is 0.340 e. The first-order chi connectivity index (χ1) is 12.1. The van der Waals surface area contributed by atoms with Gasteiger partial charge in [0.2, 0.25) is 5.91 Å². The Bertz CT molecular complexity index is 915. The molecule has 0 fully saturated rings. The molecule has 25 heavy (non-hydrogen) atoms. The van der Waals surface area contributed by atoms with Crippen molar-refractivity contribution >= 4 is 28.7 Å². The van der Waals surface area contributed by atoms with E-state index in [-0.39, 0.29) is 6.42 Å². The summed E-state index contributed by atoms with van der Waals surface area (Å²) in [6.07, 6.45) is 1.62. The molecule has 0 bridgehead atoms. The lowest BCUT2D eigenvalue weighted by Crippen LogP contribution is -2.35. The standard InChI is InChI=1S/C19H16N2O4/c22-17(10-13-6-2-1-3-7-13)21-18(23)12-25-19(24)15-11-20-16-9-5-4-8-14(15)16/h1-9,11,20H,10,12H2,(H,21,22,23). The van der Waals surface area contributed by atoms with E-state index >= 15 is 0 Å². The molecular weight excluding hydrogens is 320 g/mol. The molecule has 6 nitrogen and oxygen atoms in total. The Morgan fingerprint density at radius 3 is 2.44 bits per heavy atom. The van der Waals surface area contributed by atoms with Crippen molar-refractivity contribution < 1.29 is 19.1 Å². The second-order valence-electron chi connectivity index (χ2n) is 5.46. The van der Waals surface area contributed by atoms with Crippen molar-refractivity contribution in [2.45, 2.75) is 6.42 Å². The normalized spacial score (nSPS) is 10.4. The molecule has 2 aromatic carbocycles. The number of aromatic nitrogens is 1. The van der Waals surface area contributed by atoms with Gasteiger partial charge in [0.15, 0.2) is 6.61 Å². The van der Waals surface area contributed by atoms with E-state index in [1.807, 2.05) is 36.4 Å². The van der Waals surface area contributed by atoms with Gasteiger partial charge < -0.3 is 9.72 Å². The molecular formula is C19H16N2O4. The molecule has 1 heterocycles. The van der Waals surface area contributed by atoms with Crippen molar-refractivity contribution in [1.82, 2.24) is 10.3 Å². The molecule has 2 amide bonds. The van der Waals surface area contributed by atoms with Crippen LogP contribution >= 0.6 is 0 Å². The molecule has 3 aromatic rings. The Hall–Kier alpha value is -3.41. The average Bonchev–Trinajstić information content (AvgIpc) is 3.04. The van der Waals surface area contributed by atoms with Gasteiger partial charge in [0.25, 0.3) is 5.91 Å². The van der Waals surface area contributed by atoms with Gasteiger partial charge in [0, 0.05) is 17.1 Å². The number of hydrogen-bond donors (Lipinski definition) is 2. The van der Waals surface area contributed by atoms with Gasteiger partial charge >= 0.3 is 5.97 Å². The molecule has 0 radical (unpaired) electrons. The SMILES string of the molecule is O=C(COC(=O)c1c[nH]c2ccccc12)NC(=O)Cc1ccccc1. The maximum atomic E-state index is 12.1. The van der Waals surface area contributed by atoms with Gasteiger partial charge in [-0.2, -0.15) is 0 Å². The lowest BCUT2D eigenvalue weighted by atomic mass is 10.1. The van der Waals surface area contributed by atoms with Gasteiger partial charge in [-0.1, -0.05) is 48.5 Å². The third-order valence-corrected chi connectivity index (χ3v) is 3.63. The fourth-order valence-corrected chi connectivity index (χ4v) is 2.47. The summed E-state index contributed by atoms with van der Waals surface area (Å²) in [5.74, 6) is -1.73. The molecule has 6 heteroatoms. The third-order valence-electron chi connectivity index (χ3n) is 3.63. The summed E-state index contributed by atoms with van der Waals surface area (Å²) in [6, 6.07) is 16.3. The number of ether oxygens (including phenoxy) is 1. The molecule has 0 spiro atoms. The fourth-order valence-electron chi connectivity index (χ4n) is 2.47. The van der Waals surface area contributed by atoms with Crippen molar-refractivity contribution in [1.29, 1.82) is 0 Å². The molecule has 0 aliphatic rings. The van der Waals surface area contributed by atoms with Crippen LogP contribution in [0.15, 0.2) is 60.8 Å². The van der Waals surface area contributed by atoms with Gasteiger partial charge in [-0.05, 0) is 11.6 Å². The minimum absolute atomic E-state index is 0.0863. The number of para-hydroxylation sites is 1. The first kappa shape index (κ1) is 16.4. The summed E-state index contributed by atoms with van der Waals surface area (Å²) < 4.78 is 4.98. The van der Waals surface area contributed by atoms with E-state index in [0.717, 1.165) is 11.1 Å². The van der Waals surface area contributed by atoms with E-state index in [1.54, 1.807) is 18.2 Å². The van der Waals surface area contributed by atoms with E-state index in [0.29, 0.717) is 10.9 Å². The zero-order valence-corrected chi connectivity index (χ0v) is 13.3. The zero-order chi connectivity index (χ0) is 17.6. The van der Waals surface area contributed by atoms with Crippen LogP contribution in [0.5, 0.6) is 0 Å². The van der Waals surface area contributed by atoms with Gasteiger partial charge in [-0.3, -0.25) is 14.9 Å². The Morgan fingerprint density at radius 2 is 1.64 bits per heavy atom. The second kappa shape index (κ2) is 7.44. The number of carbonyl (C=O) groups excluding carboxylic acids is 3. The van der Waals surface area contributed by atoms with Crippen LogP contribution < -0.4 is 5.32 Å². The van der Waals surface area contributed by atoms with E-state index < -0.39 is 24.4 Å². The smallest absolute Gasteiger partial charge is 0.340 e. The van der Waals surface area contributed by atoms with Gasteiger partial charge in [0.1, 0.15) is 0 Å². The molecule has 3 rings (SSSR count). The number of rotatable bonds is 5. The highest BCUT2D eigenvalue weighted by atomic mass is 16.5. The Balaban J connectivity index is 1.52. The summed E-state index contributed by atoms with van der Waals surface area (Å²) in [5.41, 5.74) is 1.94. The lowest BCUT2D eigenvalue weighted by molar-refractivity contribution is -0.132. The number of carbonyl (C=O) groups is 3. The maximum absolute atomic E-state index is 12.1. The van der Waals surface area contributed by atoms with Crippen LogP contribution in [0, 0.1) is 0 Å². The van der Waals surface area contributed by atoms with Crippen LogP contribution in [0.1, 0.15) is 15.9 Å². The van der Waals surface area contributed by atoms with Crippen LogP contribution in [0.3, 0.4) is 0 Å². The van der Waals surface area contributed by atoms with Crippen LogP contribution in [-0.2, 0) is 20.7 Å². The number of aromatic amines is 1. The molecule has 2 N–H and O–H groups in total. The number of imide groups is 1. The summed E-state index contributed by atoms with van der Waals surface area (Å²) >= 11 is 0. The number of nitrogens with one attached hydrogen (secondary N) is 2. The van der Waals surface area contributed by atoms with Crippen LogP contribution in [0.25, 0.3) is 10.9 Å². The number of hydrogen-bond acceptors (Lipinski definition) is 4. The van der Waals surface area contributed by atoms with E-state index in [1.165, 1.54) is 6.20 Å². The van der Waals surface area contributed by atoms with Gasteiger partial charge in [-0.15, -0.1) is 0 Å². The van der Waals surface area contributed by atoms with E-state index in [4.69, 9.17) is 4.74 Å². The Morgan fingerprint density at radius 1 is 0.920 bits per heavy atom. The molecule has 0 saturated heterocycles. The summed E-state index contributed by atoms with van der Waals surface area (Å²) in [4.78, 5) is 38.6. The number of amides is 2. The lowest BCUT2D eigenvalue weighted by Gasteiger charge is -2.05. The Kier molecular flexibility index (Phi) is 4.89. The highest BCUT2D eigenvalue weighted by Gasteiger charge is 2.16. The minimum atomic E-state index is -0.658. The van der Waals surface area contributed by atoms with Gasteiger partial charge in [-0.25, -0.2) is 4.79 Å². The molecule has 0 atom stereocenters. The van der Waals surface area contributed by atoms with Crippen molar-refractivity contribution in [3.8, 4) is 0 Å². The second-order valence-corrected chi connectivity index (χ2v) is 5.46. The molecule has 0 saturated carbocycles. The van der Waals surface area contributed by atoms with Crippen LogP contribution in [0.4, 0.5) is 0 Å². The molecule has 0 unspecified atom stereocenters. The van der Waals surface area contributed by atoms with Crippen molar-refractivity contribution in [3.05, 3.63) is 71.9 Å². The summed E-state index contributed by atoms with van der Waals surface area (Å²) in [7, 11) is 0. The number of fused-ring (bicyclic) bond motifs is 1. The fraction of sp³-hybridized carbons (Fsp3) is 0.105. The highest BCUT2D eigenvalue weighted by Crippen LogP contribution is 2.18. The third kappa shape index (κ3) is 4.11. The summed E-state index contributed by atoms with van der Waals surface area (Å²) in [6.45, 7) is -0.515. The monoisotopic (exact) mass is 336 g/mol. The average molecular weight is 336 g/mol. The van der Waals surface area contributed by atoms with Crippen molar-refractivity contribution in [2.24, 2.45) is 0 Å². The first-order valence-corrected chi connectivity index (χ1v) is 7.73. The Labute approximate surface area is 143 Å². The zero-order valence-electron chi connectivity index (χ0n) is 13.3. The minimum Gasteiger partial charge on any atom is -0.452 e. The van der Waals surface area contributed by atoms with Crippen LogP contribution in [0.2, 0.25) is 0 Å². The van der Waals surface area contributed by atoms with Crippen molar-refractivity contribution in [2.75, 3.05) is 6.61 Å².